The number of nitrogens with zero attached hydrogens (tertiary/aromatic N) is 8. The number of aromatic nitrogens is 2. The van der Waals surface area contributed by atoms with Crippen LogP contribution in [0.25, 0.3) is 27.9 Å². The Morgan fingerprint density at radius 3 is 1.33 bits per heavy atom. The average Bonchev–Trinajstić information content (AvgIpc) is 3.60. The second-order valence-corrected chi connectivity index (χ2v) is 19.8. The van der Waals surface area contributed by atoms with Gasteiger partial charge in [0.1, 0.15) is 22.9 Å². The molecule has 2 aromatic heterocycles. The van der Waals surface area contributed by atoms with Gasteiger partial charge in [-0.05, 0) is 98.9 Å². The second-order valence-electron chi connectivity index (χ2n) is 19.4. The number of halogens is 1. The number of phenols is 2. The molecule has 18 nitrogen and oxygen atoms in total. The number of non-ortho nitro benzene ring substituents is 2. The van der Waals surface area contributed by atoms with Gasteiger partial charge in [0, 0.05) is 86.2 Å². The molecule has 0 saturated heterocycles. The Morgan fingerprint density at radius 2 is 0.939 bits per heavy atom. The second kappa shape index (κ2) is 34.3. The van der Waals surface area contributed by atoms with E-state index in [0.29, 0.717) is 0 Å². The molecule has 4 N–H and O–H groups in total. The molecule has 20 heteroatoms. The van der Waals surface area contributed by atoms with Crippen LogP contribution in [-0.4, -0.2) is 46.8 Å². The van der Waals surface area contributed by atoms with E-state index in [0.717, 1.165) is 65.4 Å². The van der Waals surface area contributed by atoms with Crippen molar-refractivity contribution in [3.63, 3.8) is 0 Å². The van der Waals surface area contributed by atoms with Gasteiger partial charge in [0.05, 0.1) is 20.9 Å². The van der Waals surface area contributed by atoms with Crippen molar-refractivity contribution < 1.29 is 61.2 Å². The number of hydrogen-bond donors (Lipinski definition) is 4. The quantitative estimate of drug-likeness (QED) is 0.00944. The van der Waals surface area contributed by atoms with Crippen LogP contribution in [-0.2, 0) is 39.2 Å². The van der Waals surface area contributed by atoms with Gasteiger partial charge in [-0.2, -0.15) is 4.57 Å². The van der Waals surface area contributed by atoms with E-state index < -0.39 is 32.9 Å². The summed E-state index contributed by atoms with van der Waals surface area (Å²) in [6, 6.07) is 30.0. The molecule has 0 aliphatic carbocycles. The van der Waals surface area contributed by atoms with Crippen molar-refractivity contribution in [1.82, 2.24) is 4.98 Å². The molecule has 0 bridgehead atoms. The number of hydrogen-bond acceptors (Lipinski definition) is 15. The Morgan fingerprint density at radius 1 is 0.561 bits per heavy atom. The first-order valence-electron chi connectivity index (χ1n) is 26.5. The maximum Gasteiger partial charge on any atom is 0.278 e. The predicted molar refractivity (Wildman–Crippen MR) is 318 cm³/mol. The molecule has 439 valence electrons. The standard InChI is InChI=1S/C30H34N4O5.C20H27N.C11H10ClN3O5.CH4.Co/c1-6-7-8-9-10-23-11-13-24(14-12-23)25-15-19(2)33(20(3)16-25)28-18-26(34(38)39)17-27(30(28)37)31-32-29(21(4)35)22(5)36;1-4-5-6-7-8-9-18-10-12-19(13-11-18)20-14-16(2)21-17(3)15-20;1-5(16)10(6(2)17)14-13-9-4-7(15(19)20)3-8(12)11(9)18;;/h11-18H,6-10H2,1-5H3,(H-,31,32,35,36,37);10-15H,4-9H2,1-3H3;3-4,16,18H,1-2H3;1H4;/p+1/b;;10-5+,14-13?;;. The van der Waals surface area contributed by atoms with E-state index in [-0.39, 0.29) is 80.6 Å². The summed E-state index contributed by atoms with van der Waals surface area (Å²) in [5.74, 6) is -2.66. The van der Waals surface area contributed by atoms with E-state index in [9.17, 15) is 50.2 Å². The van der Waals surface area contributed by atoms with Gasteiger partial charge >= 0.3 is 0 Å². The number of ketones is 2. The average molecular weight is 1190 g/mol. The number of aliphatic hydroxyl groups is 2. The van der Waals surface area contributed by atoms with Crippen LogP contribution >= 0.6 is 11.6 Å². The van der Waals surface area contributed by atoms with E-state index in [4.69, 9.17) is 11.6 Å². The Kier molecular flexibility index (Phi) is 29.3. The number of aryl methyl sites for hydroxylation is 6. The van der Waals surface area contributed by atoms with E-state index in [1.165, 1.54) is 113 Å². The smallest absolute Gasteiger partial charge is 0.278 e. The Labute approximate surface area is 496 Å². The SMILES string of the molecule is C.CC(=O)/C(N=Nc1cc([N+](=O)[O-])cc(Cl)c1O)=C(/C)O.CCCCCCCc1ccc(-c2cc(C)nc(C)c2)cc1.CCCCCCc1ccc(-c2cc(C)[n+](-c3cc([N+](=O)[O-])cc(N=N/C(C(C)=O)=C(\C)O)c3O)c(C)c2)cc1.[Co]. The van der Waals surface area contributed by atoms with Gasteiger partial charge in [-0.25, -0.2) is 0 Å². The van der Waals surface area contributed by atoms with Crippen LogP contribution in [0.4, 0.5) is 22.7 Å². The minimum atomic E-state index is -0.719. The molecule has 6 rings (SSSR count). The Hall–Kier alpha value is -8.00. The van der Waals surface area contributed by atoms with E-state index in [1.54, 1.807) is 4.57 Å². The molecule has 0 aliphatic rings. The summed E-state index contributed by atoms with van der Waals surface area (Å²) in [5, 5.41) is 76.2. The van der Waals surface area contributed by atoms with Crippen LogP contribution in [0, 0.1) is 47.9 Å². The van der Waals surface area contributed by atoms with Gasteiger partial charge in [0.15, 0.2) is 40.1 Å². The number of phenolic OH excluding ortho intramolecular Hbond substituents is 2. The molecule has 0 fully saturated rings. The molecule has 6 aromatic rings. The van der Waals surface area contributed by atoms with Crippen LogP contribution in [0.1, 0.15) is 141 Å². The fourth-order valence-corrected chi connectivity index (χ4v) is 8.77. The largest absolute Gasteiger partial charge is 0.510 e. The van der Waals surface area contributed by atoms with Gasteiger partial charge in [-0.15, -0.1) is 20.5 Å². The molecule has 0 spiro atoms. The van der Waals surface area contributed by atoms with Crippen molar-refractivity contribution in [1.29, 1.82) is 0 Å². The number of allylic oxidation sites excluding steroid dienone is 4. The van der Waals surface area contributed by atoms with Gasteiger partial charge in [0.2, 0.25) is 5.75 Å². The monoisotopic (exact) mass is 1190 g/mol. The van der Waals surface area contributed by atoms with E-state index >= 15 is 0 Å². The molecule has 0 atom stereocenters. The fourth-order valence-electron chi connectivity index (χ4n) is 8.56. The molecule has 0 saturated carbocycles. The summed E-state index contributed by atoms with van der Waals surface area (Å²) in [7, 11) is 0. The third-order valence-corrected chi connectivity index (χ3v) is 12.9. The Balaban J connectivity index is 0.000000453. The summed E-state index contributed by atoms with van der Waals surface area (Å²) in [6.07, 6.45) is 13.9. The number of nitro benzene ring substituents is 2. The number of azo groups is 2. The first-order chi connectivity index (χ1) is 37.9. The zero-order valence-corrected chi connectivity index (χ0v) is 49.3. The molecule has 0 aliphatic heterocycles. The molecule has 82 heavy (non-hydrogen) atoms. The number of aromatic hydroxyl groups is 2. The minimum absolute atomic E-state index is 0. The number of rotatable bonds is 22. The first kappa shape index (κ1) is 70.1. The van der Waals surface area contributed by atoms with Crippen molar-refractivity contribution in [3.8, 4) is 39.4 Å². The summed E-state index contributed by atoms with van der Waals surface area (Å²) in [5.41, 5.74) is 9.33. The topological polar surface area (TPSA) is 268 Å². The summed E-state index contributed by atoms with van der Waals surface area (Å²) < 4.78 is 1.70. The van der Waals surface area contributed by atoms with Gasteiger partial charge in [-0.1, -0.05) is 126 Å². The number of unbranched alkanes of at least 4 members (excludes halogenated alkanes) is 7. The van der Waals surface area contributed by atoms with Crippen molar-refractivity contribution in [3.05, 3.63) is 179 Å². The summed E-state index contributed by atoms with van der Waals surface area (Å²) in [6.45, 7) is 17.2. The molecular weight excluding hydrogens is 1110 g/mol. The van der Waals surface area contributed by atoms with E-state index in [1.807, 2.05) is 26.0 Å². The van der Waals surface area contributed by atoms with Crippen molar-refractivity contribution >= 4 is 45.9 Å². The molecule has 1 radical (unpaired) electrons. The number of nitro groups is 2. The van der Waals surface area contributed by atoms with Crippen LogP contribution in [0.5, 0.6) is 11.5 Å². The third-order valence-electron chi connectivity index (χ3n) is 12.6. The number of carbonyl (C=O) groups is 2. The van der Waals surface area contributed by atoms with Crippen molar-refractivity contribution in [2.24, 2.45) is 20.5 Å². The number of carbonyl (C=O) groups excluding carboxylic acids is 2. The predicted octanol–water partition coefficient (Wildman–Crippen LogP) is 17.4. The minimum Gasteiger partial charge on any atom is -0.510 e. The van der Waals surface area contributed by atoms with Gasteiger partial charge < -0.3 is 20.4 Å². The number of aliphatic hydroxyl groups excluding tert-OH is 2. The maximum absolute atomic E-state index is 11.7. The van der Waals surface area contributed by atoms with Crippen molar-refractivity contribution in [2.45, 2.75) is 147 Å². The molecule has 0 unspecified atom stereocenters. The first-order valence-corrected chi connectivity index (χ1v) is 26.8. The van der Waals surface area contributed by atoms with Crippen LogP contribution < -0.4 is 4.57 Å². The number of pyridine rings is 2. The Bertz CT molecular complexity index is 3260. The third kappa shape index (κ3) is 21.1. The van der Waals surface area contributed by atoms with Crippen LogP contribution in [0.15, 0.2) is 140 Å². The van der Waals surface area contributed by atoms with E-state index in [2.05, 4.69) is 114 Å². The summed E-state index contributed by atoms with van der Waals surface area (Å²) >= 11 is 5.62. The molecular formula is C62H76ClCoN8O10+. The number of Topliss-reactive ketones (excluding diaryl/α,β-unsaturated/α-hetero) is 2. The molecule has 4 aromatic carbocycles. The maximum atomic E-state index is 11.7. The number of benzene rings is 4. The van der Waals surface area contributed by atoms with Gasteiger partial charge in [0.25, 0.3) is 17.1 Å². The van der Waals surface area contributed by atoms with Crippen LogP contribution in [0.3, 0.4) is 0 Å². The zero-order chi connectivity index (χ0) is 59.2. The molecule has 2 heterocycles. The summed E-state index contributed by atoms with van der Waals surface area (Å²) in [4.78, 5) is 48.4. The zero-order valence-electron chi connectivity index (χ0n) is 47.5. The van der Waals surface area contributed by atoms with Crippen LogP contribution in [0.2, 0.25) is 5.02 Å². The van der Waals surface area contributed by atoms with Crippen molar-refractivity contribution in [2.75, 3.05) is 0 Å². The van der Waals surface area contributed by atoms with Gasteiger partial charge in [-0.3, -0.25) is 34.8 Å². The normalized spacial score (nSPS) is 11.5. The fraction of sp³-hybridized carbons (Fsp3) is 0.355. The molecule has 0 amide bonds.